The molecule has 0 radical (unpaired) electrons. The van der Waals surface area contributed by atoms with Gasteiger partial charge in [0.1, 0.15) is 11.6 Å². The molecule has 4 heteroatoms. The number of halogens is 2. The Morgan fingerprint density at radius 1 is 1.14 bits per heavy atom. The van der Waals surface area contributed by atoms with Gasteiger partial charge in [0.05, 0.1) is 18.2 Å². The second kappa shape index (κ2) is 6.46. The van der Waals surface area contributed by atoms with Crippen LogP contribution in [0.5, 0.6) is 5.75 Å². The Morgan fingerprint density at radius 2 is 1.86 bits per heavy atom. The van der Waals surface area contributed by atoms with Crippen LogP contribution in [0.25, 0.3) is 0 Å². The second-order valence-corrected chi connectivity index (χ2v) is 5.40. The minimum atomic E-state index is -0.404. The summed E-state index contributed by atoms with van der Waals surface area (Å²) in [5, 5.41) is 3.27. The van der Waals surface area contributed by atoms with Gasteiger partial charge in [-0.15, -0.1) is 0 Å². The smallest absolute Gasteiger partial charge is 0.146 e. The van der Waals surface area contributed by atoms with Gasteiger partial charge in [-0.3, -0.25) is 0 Å². The van der Waals surface area contributed by atoms with E-state index in [-0.39, 0.29) is 11.1 Å². The summed E-state index contributed by atoms with van der Waals surface area (Å²) in [6.45, 7) is 4.02. The Hall–Kier alpha value is -1.58. The zero-order chi connectivity index (χ0) is 15.6. The van der Waals surface area contributed by atoms with Crippen molar-refractivity contribution in [1.82, 2.24) is 5.32 Å². The monoisotopic (exact) mass is 307 g/mol. The molecule has 0 aliphatic heterocycles. The lowest BCUT2D eigenvalue weighted by molar-refractivity contribution is 0.401. The number of rotatable bonds is 4. The van der Waals surface area contributed by atoms with E-state index in [0.717, 1.165) is 22.4 Å². The third-order valence-electron chi connectivity index (χ3n) is 3.80. The second-order valence-electron chi connectivity index (χ2n) is 4.99. The summed E-state index contributed by atoms with van der Waals surface area (Å²) in [6, 6.07) is 8.68. The van der Waals surface area contributed by atoms with Gasteiger partial charge in [-0.1, -0.05) is 35.9 Å². The molecule has 0 saturated carbocycles. The third kappa shape index (κ3) is 2.89. The van der Waals surface area contributed by atoms with Crippen molar-refractivity contribution in [3.63, 3.8) is 0 Å². The normalized spacial score (nSPS) is 12.3. The van der Waals surface area contributed by atoms with Crippen LogP contribution >= 0.6 is 11.6 Å². The number of aryl methyl sites for hydroxylation is 1. The van der Waals surface area contributed by atoms with Crippen LogP contribution in [-0.4, -0.2) is 14.2 Å². The molecule has 2 nitrogen and oxygen atoms in total. The summed E-state index contributed by atoms with van der Waals surface area (Å²) in [5.41, 5.74) is 3.59. The highest BCUT2D eigenvalue weighted by Gasteiger charge is 2.22. The minimum absolute atomic E-state index is 0.121. The molecule has 1 atom stereocenters. The number of benzene rings is 2. The highest BCUT2D eigenvalue weighted by Crippen LogP contribution is 2.35. The number of hydrogen-bond acceptors (Lipinski definition) is 2. The van der Waals surface area contributed by atoms with Crippen molar-refractivity contribution in [3.05, 3.63) is 63.4 Å². The van der Waals surface area contributed by atoms with Crippen molar-refractivity contribution >= 4 is 11.6 Å². The highest BCUT2D eigenvalue weighted by atomic mass is 35.5. The standard InChI is InChI=1S/C17H19ClFNO/c1-10-8-9-13(17(21-4)11(10)2)16(20-3)12-6-5-7-14(18)15(12)19/h5-9,16,20H,1-4H3. The Bertz CT molecular complexity index is 657. The molecule has 1 N–H and O–H groups in total. The lowest BCUT2D eigenvalue weighted by Gasteiger charge is -2.22. The van der Waals surface area contributed by atoms with Crippen LogP contribution in [0.15, 0.2) is 30.3 Å². The zero-order valence-electron chi connectivity index (χ0n) is 12.6. The van der Waals surface area contributed by atoms with Crippen molar-refractivity contribution in [2.45, 2.75) is 19.9 Å². The number of methoxy groups -OCH3 is 1. The van der Waals surface area contributed by atoms with Crippen molar-refractivity contribution in [1.29, 1.82) is 0 Å². The van der Waals surface area contributed by atoms with Gasteiger partial charge in [-0.2, -0.15) is 0 Å². The van der Waals surface area contributed by atoms with Gasteiger partial charge >= 0.3 is 0 Å². The first kappa shape index (κ1) is 15.8. The molecule has 0 saturated heterocycles. The molecule has 2 aromatic rings. The molecular formula is C17H19ClFNO. The molecular weight excluding hydrogens is 289 g/mol. The van der Waals surface area contributed by atoms with E-state index in [1.54, 1.807) is 32.4 Å². The zero-order valence-corrected chi connectivity index (χ0v) is 13.4. The fraction of sp³-hybridized carbons (Fsp3) is 0.294. The minimum Gasteiger partial charge on any atom is -0.496 e. The van der Waals surface area contributed by atoms with Crippen LogP contribution in [0.4, 0.5) is 4.39 Å². The Balaban J connectivity index is 2.62. The molecule has 2 rings (SSSR count). The maximum Gasteiger partial charge on any atom is 0.146 e. The molecule has 0 spiro atoms. The van der Waals surface area contributed by atoms with Gasteiger partial charge in [0.15, 0.2) is 0 Å². The highest BCUT2D eigenvalue weighted by molar-refractivity contribution is 6.30. The molecule has 0 heterocycles. The lowest BCUT2D eigenvalue weighted by atomic mass is 9.94. The average Bonchev–Trinajstić information content (AvgIpc) is 2.48. The van der Waals surface area contributed by atoms with Crippen LogP contribution in [0.2, 0.25) is 5.02 Å². The Labute approximate surface area is 129 Å². The molecule has 0 aliphatic carbocycles. The van der Waals surface area contributed by atoms with Crippen molar-refractivity contribution in [3.8, 4) is 5.75 Å². The van der Waals surface area contributed by atoms with E-state index in [1.807, 2.05) is 26.0 Å². The SMILES string of the molecule is CNC(c1cccc(Cl)c1F)c1ccc(C)c(C)c1OC. The lowest BCUT2D eigenvalue weighted by Crippen LogP contribution is -2.20. The molecule has 0 fully saturated rings. The van der Waals surface area contributed by atoms with Gasteiger partial charge in [0.25, 0.3) is 0 Å². The van der Waals surface area contributed by atoms with Crippen LogP contribution in [-0.2, 0) is 0 Å². The van der Waals surface area contributed by atoms with Gasteiger partial charge in [0, 0.05) is 11.1 Å². The maximum atomic E-state index is 14.3. The topological polar surface area (TPSA) is 21.3 Å². The fourth-order valence-corrected chi connectivity index (χ4v) is 2.71. The van der Waals surface area contributed by atoms with Gasteiger partial charge in [-0.05, 0) is 38.1 Å². The average molecular weight is 308 g/mol. The first-order valence-electron chi connectivity index (χ1n) is 6.76. The quantitative estimate of drug-likeness (QED) is 0.903. The van der Waals surface area contributed by atoms with Gasteiger partial charge < -0.3 is 10.1 Å². The summed E-state index contributed by atoms with van der Waals surface area (Å²) in [6.07, 6.45) is 0. The summed E-state index contributed by atoms with van der Waals surface area (Å²) in [4.78, 5) is 0. The van der Waals surface area contributed by atoms with Gasteiger partial charge in [0.2, 0.25) is 0 Å². The first-order valence-corrected chi connectivity index (χ1v) is 7.14. The summed E-state index contributed by atoms with van der Waals surface area (Å²) >= 11 is 5.90. The molecule has 21 heavy (non-hydrogen) atoms. The van der Waals surface area contributed by atoms with Gasteiger partial charge in [-0.25, -0.2) is 4.39 Å². The predicted octanol–water partition coefficient (Wildman–Crippen LogP) is 4.41. The Morgan fingerprint density at radius 3 is 2.48 bits per heavy atom. The van der Waals surface area contributed by atoms with Crippen LogP contribution in [0.3, 0.4) is 0 Å². The predicted molar refractivity (Wildman–Crippen MR) is 84.8 cm³/mol. The van der Waals surface area contributed by atoms with E-state index in [4.69, 9.17) is 16.3 Å². The summed E-state index contributed by atoms with van der Waals surface area (Å²) in [5.74, 6) is 0.368. The Kier molecular flexibility index (Phi) is 4.86. The molecule has 0 amide bonds. The van der Waals surface area contributed by atoms with E-state index < -0.39 is 5.82 Å². The largest absolute Gasteiger partial charge is 0.496 e. The van der Waals surface area contributed by atoms with Crippen molar-refractivity contribution in [2.75, 3.05) is 14.2 Å². The first-order chi connectivity index (χ1) is 10.0. The molecule has 1 unspecified atom stereocenters. The fourth-order valence-electron chi connectivity index (χ4n) is 2.53. The molecule has 0 aromatic heterocycles. The number of hydrogen-bond donors (Lipinski definition) is 1. The van der Waals surface area contributed by atoms with Crippen LogP contribution in [0, 0.1) is 19.7 Å². The van der Waals surface area contributed by atoms with Crippen LogP contribution in [0.1, 0.15) is 28.3 Å². The summed E-state index contributed by atoms with van der Waals surface area (Å²) in [7, 11) is 3.42. The molecule has 2 aromatic carbocycles. The van der Waals surface area contributed by atoms with E-state index >= 15 is 0 Å². The van der Waals surface area contributed by atoms with Crippen LogP contribution < -0.4 is 10.1 Å². The van der Waals surface area contributed by atoms with E-state index in [2.05, 4.69) is 5.32 Å². The molecule has 0 aliphatic rings. The van der Waals surface area contributed by atoms with E-state index in [0.29, 0.717) is 5.56 Å². The maximum absolute atomic E-state index is 14.3. The third-order valence-corrected chi connectivity index (χ3v) is 4.10. The number of ether oxygens (including phenoxy) is 1. The molecule has 0 bridgehead atoms. The number of nitrogens with one attached hydrogen (secondary N) is 1. The van der Waals surface area contributed by atoms with Crippen molar-refractivity contribution < 1.29 is 9.13 Å². The van der Waals surface area contributed by atoms with E-state index in [1.165, 1.54) is 0 Å². The molecule has 112 valence electrons. The van der Waals surface area contributed by atoms with Crippen molar-refractivity contribution in [2.24, 2.45) is 0 Å². The van der Waals surface area contributed by atoms with E-state index in [9.17, 15) is 4.39 Å². The summed E-state index contributed by atoms with van der Waals surface area (Å²) < 4.78 is 19.9.